The maximum absolute atomic E-state index is 4.32. The van der Waals surface area contributed by atoms with E-state index in [9.17, 15) is 0 Å². The summed E-state index contributed by atoms with van der Waals surface area (Å²) in [5.41, 5.74) is 0. The molecule has 0 aromatic carbocycles. The zero-order valence-electron chi connectivity index (χ0n) is 10.0. The fraction of sp³-hybridized carbons (Fsp3) is 1.00. The summed E-state index contributed by atoms with van der Waals surface area (Å²) in [4.78, 5) is 0. The molecule has 0 aromatic rings. The van der Waals surface area contributed by atoms with E-state index < -0.39 is 0 Å². The summed E-state index contributed by atoms with van der Waals surface area (Å²) in [6.45, 7) is 6.91. The molecule has 0 aliphatic heterocycles. The molecule has 2 heteroatoms. The van der Waals surface area contributed by atoms with Crippen LogP contribution in [0.1, 0.15) is 59.3 Å². The van der Waals surface area contributed by atoms with Crippen molar-refractivity contribution in [3.8, 4) is 0 Å². The number of rotatable bonds is 9. The van der Waals surface area contributed by atoms with Crippen LogP contribution in [0.25, 0.3) is 0 Å². The first kappa shape index (κ1) is 14.7. The van der Waals surface area contributed by atoms with Gasteiger partial charge in [-0.15, -0.1) is 0 Å². The minimum Gasteiger partial charge on any atom is -0.179 e. The first-order valence-corrected chi connectivity index (χ1v) is 7.61. The molecule has 0 spiro atoms. The molecule has 0 fully saturated rings. The molecule has 14 heavy (non-hydrogen) atoms. The molecule has 86 valence electrons. The van der Waals surface area contributed by atoms with Crippen LogP contribution in [0.5, 0.6) is 0 Å². The molecule has 0 N–H and O–H groups in total. The number of hydrogen-bond donors (Lipinski definition) is 1. The first-order chi connectivity index (χ1) is 6.74. The second-order valence-corrected chi connectivity index (χ2v) is 6.08. The van der Waals surface area contributed by atoms with Crippen molar-refractivity contribution in [2.45, 2.75) is 64.0 Å². The van der Waals surface area contributed by atoms with Gasteiger partial charge in [-0.25, -0.2) is 0 Å². The minimum atomic E-state index is 0.563. The molecule has 1 atom stereocenters. The molecule has 0 saturated heterocycles. The second-order valence-electron chi connectivity index (χ2n) is 3.90. The molecular formula is C12H26S2. The fourth-order valence-electron chi connectivity index (χ4n) is 1.93. The predicted molar refractivity (Wildman–Crippen MR) is 73.8 cm³/mol. The summed E-state index contributed by atoms with van der Waals surface area (Å²) < 4.78 is 0.563. The smallest absolute Gasteiger partial charge is 0.0157 e. The van der Waals surface area contributed by atoms with Crippen LogP contribution in [0.15, 0.2) is 0 Å². The van der Waals surface area contributed by atoms with Crippen molar-refractivity contribution in [1.82, 2.24) is 0 Å². The third-order valence-electron chi connectivity index (χ3n) is 2.87. The highest BCUT2D eigenvalue weighted by Gasteiger charge is 2.26. The Morgan fingerprint density at radius 1 is 1.07 bits per heavy atom. The molecule has 0 aliphatic carbocycles. The Labute approximate surface area is 100 Å². The molecule has 1 unspecified atom stereocenters. The van der Waals surface area contributed by atoms with Gasteiger partial charge in [-0.1, -0.05) is 33.6 Å². The normalized spacial score (nSPS) is 15.4. The van der Waals surface area contributed by atoms with Crippen LogP contribution in [-0.2, 0) is 0 Å². The quantitative estimate of drug-likeness (QED) is 0.560. The lowest BCUT2D eigenvalue weighted by Crippen LogP contribution is -2.24. The van der Waals surface area contributed by atoms with Gasteiger partial charge < -0.3 is 0 Å². The molecule has 0 aromatic heterocycles. The van der Waals surface area contributed by atoms with Gasteiger partial charge in [0.25, 0.3) is 0 Å². The van der Waals surface area contributed by atoms with Crippen LogP contribution in [0, 0.1) is 0 Å². The van der Waals surface area contributed by atoms with Gasteiger partial charge in [0.2, 0.25) is 0 Å². The van der Waals surface area contributed by atoms with Gasteiger partial charge in [0.15, 0.2) is 0 Å². The fourth-order valence-corrected chi connectivity index (χ4v) is 3.48. The Hall–Kier alpha value is 0.700. The second kappa shape index (κ2) is 8.96. The van der Waals surface area contributed by atoms with Crippen molar-refractivity contribution in [2.24, 2.45) is 0 Å². The Balaban J connectivity index is 4.11. The van der Waals surface area contributed by atoms with Crippen molar-refractivity contribution in [3.63, 3.8) is 0 Å². The van der Waals surface area contributed by atoms with E-state index >= 15 is 0 Å². The number of unbranched alkanes of at least 4 members (excludes halogenated alkanes) is 1. The maximum Gasteiger partial charge on any atom is 0.0157 e. The summed E-state index contributed by atoms with van der Waals surface area (Å²) >= 11 is 6.49. The Bertz CT molecular complexity index is 115. The molecule has 0 saturated carbocycles. The van der Waals surface area contributed by atoms with Gasteiger partial charge in [0.1, 0.15) is 0 Å². The van der Waals surface area contributed by atoms with Crippen LogP contribution < -0.4 is 0 Å². The molecule has 0 rings (SSSR count). The van der Waals surface area contributed by atoms with Gasteiger partial charge in [0, 0.05) is 4.75 Å². The number of thioether (sulfide) groups is 1. The topological polar surface area (TPSA) is 0 Å². The lowest BCUT2D eigenvalue weighted by molar-refractivity contribution is 0.465. The van der Waals surface area contributed by atoms with Crippen LogP contribution >= 0.6 is 24.4 Å². The maximum atomic E-state index is 4.32. The van der Waals surface area contributed by atoms with Gasteiger partial charge in [-0.2, -0.15) is 24.4 Å². The van der Waals surface area contributed by atoms with Gasteiger partial charge in [-0.3, -0.25) is 0 Å². The standard InChI is InChI=1S/C12H26S2/c1-4-7-9-12(5-2,14-6-3)10-8-11-13/h13H,4-11H2,1-3H3. The van der Waals surface area contributed by atoms with Crippen LogP contribution in [0.2, 0.25) is 0 Å². The van der Waals surface area contributed by atoms with E-state index in [1.165, 1.54) is 44.3 Å². The van der Waals surface area contributed by atoms with Crippen molar-refractivity contribution < 1.29 is 0 Å². The zero-order valence-corrected chi connectivity index (χ0v) is 11.7. The molecule has 0 amide bonds. The van der Waals surface area contributed by atoms with Gasteiger partial charge >= 0.3 is 0 Å². The Morgan fingerprint density at radius 3 is 2.14 bits per heavy atom. The average molecular weight is 234 g/mol. The third-order valence-corrected chi connectivity index (χ3v) is 4.79. The summed E-state index contributed by atoms with van der Waals surface area (Å²) in [5.74, 6) is 2.29. The first-order valence-electron chi connectivity index (χ1n) is 5.99. The van der Waals surface area contributed by atoms with Crippen LogP contribution in [-0.4, -0.2) is 16.3 Å². The van der Waals surface area contributed by atoms with Gasteiger partial charge in [0.05, 0.1) is 0 Å². The largest absolute Gasteiger partial charge is 0.179 e. The van der Waals surface area contributed by atoms with Crippen molar-refractivity contribution in [3.05, 3.63) is 0 Å². The van der Waals surface area contributed by atoms with Crippen LogP contribution in [0.4, 0.5) is 0 Å². The Morgan fingerprint density at radius 2 is 1.71 bits per heavy atom. The van der Waals surface area contributed by atoms with Gasteiger partial charge in [-0.05, 0) is 37.2 Å². The van der Waals surface area contributed by atoms with Crippen molar-refractivity contribution >= 4 is 24.4 Å². The molecule has 0 heterocycles. The van der Waals surface area contributed by atoms with E-state index in [2.05, 4.69) is 45.2 Å². The monoisotopic (exact) mass is 234 g/mol. The van der Waals surface area contributed by atoms with E-state index in [4.69, 9.17) is 0 Å². The number of hydrogen-bond acceptors (Lipinski definition) is 2. The summed E-state index contributed by atoms with van der Waals surface area (Å²) in [6.07, 6.45) is 8.05. The summed E-state index contributed by atoms with van der Waals surface area (Å²) in [7, 11) is 0. The molecule has 0 nitrogen and oxygen atoms in total. The summed E-state index contributed by atoms with van der Waals surface area (Å²) in [5, 5.41) is 0. The zero-order chi connectivity index (χ0) is 10.9. The molecular weight excluding hydrogens is 208 g/mol. The van der Waals surface area contributed by atoms with Crippen LogP contribution in [0.3, 0.4) is 0 Å². The highest BCUT2D eigenvalue weighted by atomic mass is 32.2. The minimum absolute atomic E-state index is 0.563. The molecule has 0 bridgehead atoms. The third kappa shape index (κ3) is 5.55. The highest BCUT2D eigenvalue weighted by molar-refractivity contribution is 8.00. The highest BCUT2D eigenvalue weighted by Crippen LogP contribution is 2.38. The van der Waals surface area contributed by atoms with E-state index in [1.54, 1.807) is 0 Å². The number of thiol groups is 1. The van der Waals surface area contributed by atoms with Crippen molar-refractivity contribution in [1.29, 1.82) is 0 Å². The van der Waals surface area contributed by atoms with E-state index in [0.717, 1.165) is 5.75 Å². The average Bonchev–Trinajstić information content (AvgIpc) is 2.22. The SMILES string of the molecule is CCCCC(CC)(CCCS)SCC. The van der Waals surface area contributed by atoms with Crippen molar-refractivity contribution in [2.75, 3.05) is 11.5 Å². The predicted octanol–water partition coefficient (Wildman–Crippen LogP) is 4.79. The molecule has 0 radical (unpaired) electrons. The Kier molecular flexibility index (Phi) is 9.41. The lowest BCUT2D eigenvalue weighted by atomic mass is 9.93. The molecule has 0 aliphatic rings. The van der Waals surface area contributed by atoms with E-state index in [1.807, 2.05) is 0 Å². The van der Waals surface area contributed by atoms with E-state index in [0.29, 0.717) is 4.75 Å². The summed E-state index contributed by atoms with van der Waals surface area (Å²) in [6, 6.07) is 0. The van der Waals surface area contributed by atoms with E-state index in [-0.39, 0.29) is 0 Å². The lowest BCUT2D eigenvalue weighted by Gasteiger charge is -2.32.